The Morgan fingerprint density at radius 2 is 1.72 bits per heavy atom. The lowest BCUT2D eigenvalue weighted by molar-refractivity contribution is 0.0822. The lowest BCUT2D eigenvalue weighted by Gasteiger charge is -2.42. The molecule has 50 heavy (non-hydrogen) atoms. The molecule has 3 aliphatic rings. The highest BCUT2D eigenvalue weighted by molar-refractivity contribution is 5.82. The molecule has 12 heteroatoms. The topological polar surface area (TPSA) is 142 Å². The van der Waals surface area contributed by atoms with E-state index in [0.717, 1.165) is 111 Å². The summed E-state index contributed by atoms with van der Waals surface area (Å²) in [5.74, 6) is 1.65. The van der Waals surface area contributed by atoms with Crippen molar-refractivity contribution in [3.8, 4) is 0 Å². The number of nitrogens with zero attached hydrogens (tertiary/aromatic N) is 6. The second-order valence-corrected chi connectivity index (χ2v) is 14.7. The third kappa shape index (κ3) is 7.04. The minimum Gasteiger partial charge on any atom is -0.334 e. The molecule has 0 spiro atoms. The van der Waals surface area contributed by atoms with Crippen LogP contribution in [0.15, 0.2) is 59.8 Å². The third-order valence-corrected chi connectivity index (χ3v) is 11.5. The van der Waals surface area contributed by atoms with E-state index in [1.54, 1.807) is 6.33 Å². The van der Waals surface area contributed by atoms with Crippen molar-refractivity contribution >= 4 is 27.8 Å². The SMILES string of the molecule is Cc1cc(C[C@H](CN2CCC(N3CCC(c4nnc[nH]4)CC3)CC2)NC(=O)N2CCC(c3cc4ccccc4[nH]c3=O)CC2)cc2cn[nH]c12. The molecule has 3 aliphatic heterocycles. The largest absolute Gasteiger partial charge is 0.334 e. The van der Waals surface area contributed by atoms with Gasteiger partial charge in [-0.05, 0) is 119 Å². The molecule has 0 aliphatic carbocycles. The number of aromatic amines is 3. The number of rotatable bonds is 8. The minimum atomic E-state index is -0.0264. The maximum absolute atomic E-state index is 13.8. The van der Waals surface area contributed by atoms with Crippen LogP contribution in [0.4, 0.5) is 4.79 Å². The summed E-state index contributed by atoms with van der Waals surface area (Å²) in [4.78, 5) is 40.2. The van der Waals surface area contributed by atoms with Gasteiger partial charge in [-0.3, -0.25) is 9.89 Å². The Morgan fingerprint density at radius 3 is 2.50 bits per heavy atom. The molecular weight excluding hydrogens is 628 g/mol. The van der Waals surface area contributed by atoms with Crippen molar-refractivity contribution in [3.63, 3.8) is 0 Å². The van der Waals surface area contributed by atoms with Crippen LogP contribution >= 0.6 is 0 Å². The monoisotopic (exact) mass is 676 g/mol. The molecule has 3 fully saturated rings. The second kappa shape index (κ2) is 14.4. The van der Waals surface area contributed by atoms with Gasteiger partial charge < -0.3 is 30.0 Å². The molecule has 262 valence electrons. The first kappa shape index (κ1) is 32.6. The maximum Gasteiger partial charge on any atom is 0.317 e. The zero-order chi connectivity index (χ0) is 34.0. The summed E-state index contributed by atoms with van der Waals surface area (Å²) in [6, 6.07) is 14.9. The highest BCUT2D eigenvalue weighted by Crippen LogP contribution is 2.30. The third-order valence-electron chi connectivity index (χ3n) is 11.5. The van der Waals surface area contributed by atoms with E-state index in [1.807, 2.05) is 41.4 Å². The maximum atomic E-state index is 13.8. The molecule has 0 saturated carbocycles. The van der Waals surface area contributed by atoms with Crippen LogP contribution in [0.3, 0.4) is 0 Å². The minimum absolute atomic E-state index is 0.00787. The fourth-order valence-corrected chi connectivity index (χ4v) is 8.73. The molecule has 0 unspecified atom stereocenters. The molecule has 4 N–H and O–H groups in total. The number of hydrogen-bond donors (Lipinski definition) is 4. The number of likely N-dealkylation sites (tertiary alicyclic amines) is 3. The predicted molar refractivity (Wildman–Crippen MR) is 194 cm³/mol. The van der Waals surface area contributed by atoms with Gasteiger partial charge in [0, 0.05) is 54.1 Å². The van der Waals surface area contributed by atoms with Crippen molar-refractivity contribution in [1.29, 1.82) is 0 Å². The van der Waals surface area contributed by atoms with Crippen molar-refractivity contribution in [3.05, 3.63) is 87.9 Å². The summed E-state index contributed by atoms with van der Waals surface area (Å²) in [7, 11) is 0. The molecule has 5 aromatic rings. The average Bonchev–Trinajstić information content (AvgIpc) is 3.86. The molecule has 3 aromatic heterocycles. The number of hydrogen-bond acceptors (Lipinski definition) is 7. The van der Waals surface area contributed by atoms with Gasteiger partial charge in [0.2, 0.25) is 0 Å². The quantitative estimate of drug-likeness (QED) is 0.187. The molecule has 0 bridgehead atoms. The number of amides is 2. The van der Waals surface area contributed by atoms with Crippen molar-refractivity contribution in [2.75, 3.05) is 45.8 Å². The molecule has 8 rings (SSSR count). The van der Waals surface area contributed by atoms with Gasteiger partial charge in [0.05, 0.1) is 11.7 Å². The molecule has 0 radical (unpaired) electrons. The number of nitrogens with one attached hydrogen (secondary N) is 4. The van der Waals surface area contributed by atoms with E-state index in [1.165, 1.54) is 11.1 Å². The van der Waals surface area contributed by atoms with E-state index in [9.17, 15) is 9.59 Å². The zero-order valence-electron chi connectivity index (χ0n) is 28.9. The summed E-state index contributed by atoms with van der Waals surface area (Å²) >= 11 is 0. The first-order valence-electron chi connectivity index (χ1n) is 18.4. The molecule has 3 saturated heterocycles. The van der Waals surface area contributed by atoms with E-state index in [-0.39, 0.29) is 23.6 Å². The number of para-hydroxylation sites is 1. The number of urea groups is 1. The normalized spacial score (nSPS) is 19.7. The number of carbonyl (C=O) groups is 1. The first-order chi connectivity index (χ1) is 24.5. The first-order valence-corrected chi connectivity index (χ1v) is 18.4. The van der Waals surface area contributed by atoms with Gasteiger partial charge in [0.15, 0.2) is 0 Å². The van der Waals surface area contributed by atoms with Gasteiger partial charge >= 0.3 is 6.03 Å². The lowest BCUT2D eigenvalue weighted by Crippen LogP contribution is -2.54. The number of aryl methyl sites for hydroxylation is 1. The van der Waals surface area contributed by atoms with E-state index in [0.29, 0.717) is 25.0 Å². The fourth-order valence-electron chi connectivity index (χ4n) is 8.73. The Kier molecular flexibility index (Phi) is 9.37. The van der Waals surface area contributed by atoms with Crippen LogP contribution in [0, 0.1) is 6.92 Å². The molecule has 1 atom stereocenters. The number of aromatic nitrogens is 6. The Labute approximate surface area is 292 Å². The lowest BCUT2D eigenvalue weighted by atomic mass is 9.89. The van der Waals surface area contributed by atoms with Crippen molar-refractivity contribution in [1.82, 2.24) is 50.4 Å². The highest BCUT2D eigenvalue weighted by Gasteiger charge is 2.32. The van der Waals surface area contributed by atoms with E-state index in [4.69, 9.17) is 0 Å². The van der Waals surface area contributed by atoms with E-state index in [2.05, 4.69) is 64.5 Å². The Morgan fingerprint density at radius 1 is 0.940 bits per heavy atom. The second-order valence-electron chi connectivity index (χ2n) is 14.7. The van der Waals surface area contributed by atoms with E-state index >= 15 is 0 Å². The van der Waals surface area contributed by atoms with Gasteiger partial charge in [-0.25, -0.2) is 4.79 Å². The van der Waals surface area contributed by atoms with Crippen LogP contribution in [-0.4, -0.2) is 109 Å². The van der Waals surface area contributed by atoms with Gasteiger partial charge in [-0.1, -0.05) is 24.3 Å². The number of benzene rings is 2. The van der Waals surface area contributed by atoms with Crippen LogP contribution in [0.1, 0.15) is 72.9 Å². The number of piperidine rings is 3. The van der Waals surface area contributed by atoms with Crippen LogP contribution in [0.5, 0.6) is 0 Å². The summed E-state index contributed by atoms with van der Waals surface area (Å²) in [6.07, 6.45) is 10.4. The number of pyridine rings is 1. The van der Waals surface area contributed by atoms with Crippen molar-refractivity contribution < 1.29 is 4.79 Å². The summed E-state index contributed by atoms with van der Waals surface area (Å²) in [6.45, 7) is 8.48. The molecule has 12 nitrogen and oxygen atoms in total. The smallest absolute Gasteiger partial charge is 0.317 e. The standard InChI is InChI=1S/C38H48N10O2/c1-25-18-26(19-30-22-40-44-35(25)30)20-31(23-46-12-10-32(11-13-46)47-14-8-28(9-15-47)36-39-24-41-45-36)42-38(50)48-16-6-27(7-17-48)33-21-29-4-2-3-5-34(29)43-37(33)49/h2-5,18-19,21-22,24,27-28,31-32H,6-17,20,23H2,1H3,(H,40,44)(H,42,50)(H,43,49)(H,39,41,45)/t31-/m1/s1. The van der Waals surface area contributed by atoms with E-state index < -0.39 is 0 Å². The Hall–Kier alpha value is -4.55. The summed E-state index contributed by atoms with van der Waals surface area (Å²) < 4.78 is 0. The predicted octanol–water partition coefficient (Wildman–Crippen LogP) is 4.68. The Bertz CT molecular complexity index is 1960. The number of carbonyl (C=O) groups excluding carboxylic acids is 1. The van der Waals surface area contributed by atoms with Crippen LogP contribution in [-0.2, 0) is 6.42 Å². The molecular formula is C38H48N10O2. The zero-order valence-corrected chi connectivity index (χ0v) is 28.9. The number of fused-ring (bicyclic) bond motifs is 2. The van der Waals surface area contributed by atoms with Gasteiger partial charge in [0.1, 0.15) is 12.2 Å². The summed E-state index contributed by atoms with van der Waals surface area (Å²) in [5, 5.41) is 21.2. The molecule has 2 amide bonds. The van der Waals surface area contributed by atoms with Gasteiger partial charge in [0.25, 0.3) is 5.56 Å². The highest BCUT2D eigenvalue weighted by atomic mass is 16.2. The van der Waals surface area contributed by atoms with Gasteiger partial charge in [-0.2, -0.15) is 5.10 Å². The van der Waals surface area contributed by atoms with Gasteiger partial charge in [-0.15, -0.1) is 10.2 Å². The van der Waals surface area contributed by atoms with Crippen molar-refractivity contribution in [2.45, 2.75) is 75.8 Å². The van der Waals surface area contributed by atoms with Crippen LogP contribution in [0.2, 0.25) is 0 Å². The molecule has 2 aromatic carbocycles. The Balaban J connectivity index is 0.897. The van der Waals surface area contributed by atoms with Crippen LogP contribution in [0.25, 0.3) is 21.8 Å². The summed E-state index contributed by atoms with van der Waals surface area (Å²) in [5.41, 5.74) is 5.11. The average molecular weight is 677 g/mol. The van der Waals surface area contributed by atoms with Crippen molar-refractivity contribution in [2.24, 2.45) is 0 Å². The van der Waals surface area contributed by atoms with Crippen LogP contribution < -0.4 is 10.9 Å². The number of H-pyrrole nitrogens is 3. The molecule has 6 heterocycles. The fraction of sp³-hybridized carbons (Fsp3) is 0.500.